The number of nitrogens with zero attached hydrogens (tertiary/aromatic N) is 4. The van der Waals surface area contributed by atoms with E-state index in [1.807, 2.05) is 42.5 Å². The van der Waals surface area contributed by atoms with E-state index in [1.54, 1.807) is 24.4 Å². The molecule has 1 aliphatic rings. The van der Waals surface area contributed by atoms with Gasteiger partial charge in [0.25, 0.3) is 5.91 Å². The molecule has 0 saturated heterocycles. The summed E-state index contributed by atoms with van der Waals surface area (Å²) in [5, 5.41) is 2.94. The van der Waals surface area contributed by atoms with Crippen molar-refractivity contribution in [2.75, 3.05) is 6.54 Å². The molecule has 1 aliphatic carbocycles. The summed E-state index contributed by atoms with van der Waals surface area (Å²) in [6.45, 7) is 1.40. The highest BCUT2D eigenvalue weighted by Gasteiger charge is 2.27. The van der Waals surface area contributed by atoms with Crippen molar-refractivity contribution < 1.29 is 9.59 Å². The van der Waals surface area contributed by atoms with Crippen molar-refractivity contribution in [2.24, 2.45) is 0 Å². The highest BCUT2D eigenvalue weighted by molar-refractivity contribution is 5.92. The van der Waals surface area contributed by atoms with Gasteiger partial charge in [0.15, 0.2) is 0 Å². The number of fused-ring (bicyclic) bond motifs is 1. The second kappa shape index (κ2) is 12.5. The summed E-state index contributed by atoms with van der Waals surface area (Å²) in [7, 11) is 0. The van der Waals surface area contributed by atoms with Gasteiger partial charge in [0.2, 0.25) is 5.91 Å². The minimum atomic E-state index is -0.182. The Hall–Kier alpha value is -4.00. The van der Waals surface area contributed by atoms with Gasteiger partial charge in [-0.25, -0.2) is 4.98 Å². The van der Waals surface area contributed by atoms with Crippen LogP contribution in [0.3, 0.4) is 0 Å². The molecule has 1 N–H and O–H groups in total. The molecule has 2 heterocycles. The van der Waals surface area contributed by atoms with Crippen molar-refractivity contribution in [1.29, 1.82) is 0 Å². The summed E-state index contributed by atoms with van der Waals surface area (Å²) in [5.74, 6) is 0.821. The van der Waals surface area contributed by atoms with Gasteiger partial charge in [-0.05, 0) is 49.1 Å². The first-order chi connectivity index (χ1) is 18.7. The van der Waals surface area contributed by atoms with Crippen molar-refractivity contribution >= 4 is 22.8 Å². The molecule has 1 fully saturated rings. The predicted molar refractivity (Wildman–Crippen MR) is 148 cm³/mol. The average molecular weight is 510 g/mol. The van der Waals surface area contributed by atoms with Gasteiger partial charge >= 0.3 is 0 Å². The van der Waals surface area contributed by atoms with E-state index in [2.05, 4.69) is 31.9 Å². The molecule has 196 valence electrons. The molecular weight excluding hydrogens is 474 g/mol. The molecule has 5 rings (SSSR count). The minimum Gasteiger partial charge on any atom is -0.351 e. The highest BCUT2D eigenvalue weighted by atomic mass is 16.2. The first-order valence-corrected chi connectivity index (χ1v) is 13.7. The quantitative estimate of drug-likeness (QED) is 0.300. The molecule has 38 heavy (non-hydrogen) atoms. The summed E-state index contributed by atoms with van der Waals surface area (Å²) in [6, 6.07) is 23.8. The predicted octanol–water partition coefficient (Wildman–Crippen LogP) is 5.16. The van der Waals surface area contributed by atoms with E-state index in [0.717, 1.165) is 35.3 Å². The smallest absolute Gasteiger partial charge is 0.269 e. The molecule has 0 spiro atoms. The molecule has 7 heteroatoms. The van der Waals surface area contributed by atoms with Gasteiger partial charge in [-0.1, -0.05) is 67.8 Å². The van der Waals surface area contributed by atoms with Crippen LogP contribution in [0.1, 0.15) is 60.4 Å². The lowest BCUT2D eigenvalue weighted by atomic mass is 9.93. The van der Waals surface area contributed by atoms with Crippen LogP contribution in [-0.2, 0) is 24.3 Å². The van der Waals surface area contributed by atoms with E-state index in [9.17, 15) is 9.59 Å². The number of carbonyl (C=O) groups is 2. The van der Waals surface area contributed by atoms with E-state index in [-0.39, 0.29) is 24.4 Å². The van der Waals surface area contributed by atoms with Gasteiger partial charge in [0.05, 0.1) is 11.0 Å². The third kappa shape index (κ3) is 6.28. The van der Waals surface area contributed by atoms with Crippen molar-refractivity contribution in [3.8, 4) is 0 Å². The Kier molecular flexibility index (Phi) is 8.43. The van der Waals surface area contributed by atoms with Gasteiger partial charge < -0.3 is 14.8 Å². The molecule has 0 atom stereocenters. The maximum atomic E-state index is 13.9. The van der Waals surface area contributed by atoms with Crippen LogP contribution < -0.4 is 5.32 Å². The molecule has 1 saturated carbocycles. The lowest BCUT2D eigenvalue weighted by Crippen LogP contribution is -2.42. The topological polar surface area (TPSA) is 80.1 Å². The minimum absolute atomic E-state index is 0.133. The van der Waals surface area contributed by atoms with Crippen LogP contribution in [0.15, 0.2) is 79.0 Å². The number of rotatable bonds is 10. The third-order valence-electron chi connectivity index (χ3n) is 7.32. The summed E-state index contributed by atoms with van der Waals surface area (Å²) < 4.78 is 2.07. The Bertz CT molecular complexity index is 1350. The normalized spacial score (nSPS) is 13.9. The van der Waals surface area contributed by atoms with Gasteiger partial charge in [0, 0.05) is 31.7 Å². The van der Waals surface area contributed by atoms with E-state index in [4.69, 9.17) is 4.98 Å². The number of pyridine rings is 1. The molecule has 2 amide bonds. The lowest BCUT2D eigenvalue weighted by Gasteiger charge is -2.35. The number of aromatic nitrogens is 3. The molecule has 2 aromatic carbocycles. The first kappa shape index (κ1) is 25.6. The van der Waals surface area contributed by atoms with E-state index in [1.165, 1.54) is 19.3 Å². The van der Waals surface area contributed by atoms with Crippen molar-refractivity contribution in [2.45, 2.75) is 64.1 Å². The summed E-state index contributed by atoms with van der Waals surface area (Å²) in [6.07, 6.45) is 8.70. The number of hydrogen-bond donors (Lipinski definition) is 1. The fourth-order valence-electron chi connectivity index (χ4n) is 5.35. The maximum absolute atomic E-state index is 13.9. The second-order valence-corrected chi connectivity index (χ2v) is 9.98. The molecule has 0 unspecified atom stereocenters. The van der Waals surface area contributed by atoms with Crippen LogP contribution in [0.5, 0.6) is 0 Å². The van der Waals surface area contributed by atoms with Crippen LogP contribution in [0, 0.1) is 0 Å². The monoisotopic (exact) mass is 509 g/mol. The van der Waals surface area contributed by atoms with Crippen molar-refractivity contribution in [1.82, 2.24) is 24.8 Å². The number of imidazole rings is 1. The van der Waals surface area contributed by atoms with Gasteiger partial charge in [-0.3, -0.25) is 14.6 Å². The molecular formula is C31H35N5O2. The zero-order chi connectivity index (χ0) is 26.2. The molecule has 0 bridgehead atoms. The Morgan fingerprint density at radius 1 is 0.921 bits per heavy atom. The van der Waals surface area contributed by atoms with Gasteiger partial charge in [0.1, 0.15) is 18.1 Å². The van der Waals surface area contributed by atoms with E-state index < -0.39 is 0 Å². The van der Waals surface area contributed by atoms with Crippen molar-refractivity contribution in [3.05, 3.63) is 96.1 Å². The number of nitrogens with one attached hydrogen (secondary N) is 1. The van der Waals surface area contributed by atoms with E-state index >= 15 is 0 Å². The zero-order valence-corrected chi connectivity index (χ0v) is 21.8. The second-order valence-electron chi connectivity index (χ2n) is 9.98. The SMILES string of the molecule is O=C(NCCCc1nc2ccccc2n1CC(=O)N(Cc1ccccc1)C1CCCCC1)c1ccccn1. The van der Waals surface area contributed by atoms with Crippen LogP contribution >= 0.6 is 0 Å². The van der Waals surface area contributed by atoms with Crippen molar-refractivity contribution in [3.63, 3.8) is 0 Å². The number of amides is 2. The Morgan fingerprint density at radius 3 is 2.47 bits per heavy atom. The van der Waals surface area contributed by atoms with Crippen LogP contribution in [0.25, 0.3) is 11.0 Å². The Labute approximate surface area is 223 Å². The fraction of sp³-hybridized carbons (Fsp3) is 0.355. The fourth-order valence-corrected chi connectivity index (χ4v) is 5.35. The average Bonchev–Trinajstić information content (AvgIpc) is 3.32. The first-order valence-electron chi connectivity index (χ1n) is 13.7. The highest BCUT2D eigenvalue weighted by Crippen LogP contribution is 2.25. The molecule has 0 aliphatic heterocycles. The standard InChI is InChI=1S/C31H35N5O2/c37-30(35(25-14-5-2-6-15-25)22-24-12-3-1-4-13-24)23-36-28-18-8-7-16-26(28)34-29(36)19-11-21-33-31(38)27-17-9-10-20-32-27/h1,3-4,7-10,12-13,16-18,20,25H,2,5-6,11,14-15,19,21-23H2,(H,33,38). The zero-order valence-electron chi connectivity index (χ0n) is 21.8. The summed E-state index contributed by atoms with van der Waals surface area (Å²) in [5.41, 5.74) is 3.43. The van der Waals surface area contributed by atoms with Crippen LogP contribution in [0.4, 0.5) is 0 Å². The van der Waals surface area contributed by atoms with Gasteiger partial charge in [-0.2, -0.15) is 0 Å². The molecule has 0 radical (unpaired) electrons. The number of hydrogen-bond acceptors (Lipinski definition) is 4. The van der Waals surface area contributed by atoms with Gasteiger partial charge in [-0.15, -0.1) is 0 Å². The van der Waals surface area contributed by atoms with Crippen LogP contribution in [-0.4, -0.2) is 43.8 Å². The largest absolute Gasteiger partial charge is 0.351 e. The molecule has 7 nitrogen and oxygen atoms in total. The van der Waals surface area contributed by atoms with E-state index in [0.29, 0.717) is 31.6 Å². The molecule has 4 aromatic rings. The lowest BCUT2D eigenvalue weighted by molar-refractivity contribution is -0.135. The number of para-hydroxylation sites is 2. The number of aryl methyl sites for hydroxylation is 1. The maximum Gasteiger partial charge on any atom is 0.269 e. The van der Waals surface area contributed by atoms with Crippen LogP contribution in [0.2, 0.25) is 0 Å². The Balaban J connectivity index is 1.30. The number of carbonyl (C=O) groups excluding carboxylic acids is 2. The number of benzene rings is 2. The molecule has 2 aromatic heterocycles. The third-order valence-corrected chi connectivity index (χ3v) is 7.32. The Morgan fingerprint density at radius 2 is 1.68 bits per heavy atom. The summed E-state index contributed by atoms with van der Waals surface area (Å²) in [4.78, 5) is 37.3. The summed E-state index contributed by atoms with van der Waals surface area (Å²) >= 11 is 0.